The molecule has 0 spiro atoms. The van der Waals surface area contributed by atoms with Crippen molar-refractivity contribution in [3.8, 4) is 0 Å². The van der Waals surface area contributed by atoms with Gasteiger partial charge in [-0.1, -0.05) is 0 Å². The molecule has 0 bridgehead atoms. The van der Waals surface area contributed by atoms with E-state index >= 15 is 0 Å². The summed E-state index contributed by atoms with van der Waals surface area (Å²) in [7, 11) is 0. The number of aromatic nitrogens is 2. The third-order valence-corrected chi connectivity index (χ3v) is 3.89. The van der Waals surface area contributed by atoms with Crippen LogP contribution in [0, 0.1) is 0 Å². The van der Waals surface area contributed by atoms with Crippen LogP contribution in [0.4, 0.5) is 11.6 Å². The topological polar surface area (TPSA) is 44.3 Å². The molecule has 5 heteroatoms. The molecule has 18 heavy (non-hydrogen) atoms. The Morgan fingerprint density at radius 3 is 3.17 bits per heavy atom. The van der Waals surface area contributed by atoms with Crippen LogP contribution in [0.1, 0.15) is 19.8 Å². The normalized spacial score (nSPS) is 24.1. The predicted octanol–water partition coefficient (Wildman–Crippen LogP) is 1.19. The minimum atomic E-state index is 0.725. The molecule has 1 aromatic rings. The van der Waals surface area contributed by atoms with Crippen LogP contribution in [0.25, 0.3) is 0 Å². The van der Waals surface area contributed by atoms with Crippen LogP contribution in [0.3, 0.4) is 0 Å². The number of nitrogens with zero attached hydrogens (tertiary/aromatic N) is 4. The Bertz CT molecular complexity index is 408. The number of piperazine rings is 1. The van der Waals surface area contributed by atoms with Crippen molar-refractivity contribution < 1.29 is 0 Å². The van der Waals surface area contributed by atoms with E-state index in [9.17, 15) is 0 Å². The Morgan fingerprint density at radius 1 is 1.33 bits per heavy atom. The van der Waals surface area contributed by atoms with Crippen molar-refractivity contribution in [1.29, 1.82) is 0 Å². The molecule has 0 radical (unpaired) electrons. The number of anilines is 2. The second-order valence-corrected chi connectivity index (χ2v) is 5.07. The van der Waals surface area contributed by atoms with Gasteiger partial charge in [0.1, 0.15) is 11.6 Å². The maximum Gasteiger partial charge on any atom is 0.149 e. The summed E-state index contributed by atoms with van der Waals surface area (Å²) in [5, 5.41) is 3.22. The first-order chi connectivity index (χ1) is 8.86. The second-order valence-electron chi connectivity index (χ2n) is 5.07. The third kappa shape index (κ3) is 2.27. The van der Waals surface area contributed by atoms with Crippen molar-refractivity contribution in [2.24, 2.45) is 0 Å². The summed E-state index contributed by atoms with van der Waals surface area (Å²) >= 11 is 0. The van der Waals surface area contributed by atoms with E-state index in [4.69, 9.17) is 0 Å². The molecule has 1 unspecified atom stereocenters. The third-order valence-electron chi connectivity index (χ3n) is 3.89. The Hall–Kier alpha value is -1.36. The molecule has 0 aliphatic carbocycles. The van der Waals surface area contributed by atoms with Crippen LogP contribution in [-0.2, 0) is 0 Å². The molecule has 0 aromatic carbocycles. The van der Waals surface area contributed by atoms with Gasteiger partial charge in [0.25, 0.3) is 0 Å². The lowest BCUT2D eigenvalue weighted by atomic mass is 10.1. The lowest BCUT2D eigenvalue weighted by molar-refractivity contribution is 0.230. The largest absolute Gasteiger partial charge is 0.369 e. The van der Waals surface area contributed by atoms with Gasteiger partial charge in [-0.2, -0.15) is 0 Å². The molecule has 3 heterocycles. The average Bonchev–Trinajstić information content (AvgIpc) is 2.86. The van der Waals surface area contributed by atoms with Crippen molar-refractivity contribution in [1.82, 2.24) is 14.9 Å². The molecule has 1 aromatic heterocycles. The van der Waals surface area contributed by atoms with Gasteiger partial charge in [-0.3, -0.25) is 9.88 Å². The van der Waals surface area contributed by atoms with Crippen LogP contribution >= 0.6 is 0 Å². The van der Waals surface area contributed by atoms with Crippen molar-refractivity contribution in [2.75, 3.05) is 42.9 Å². The van der Waals surface area contributed by atoms with Crippen molar-refractivity contribution >= 4 is 11.6 Å². The molecule has 0 amide bonds. The van der Waals surface area contributed by atoms with E-state index in [1.807, 2.05) is 6.20 Å². The van der Waals surface area contributed by atoms with Gasteiger partial charge in [0, 0.05) is 32.2 Å². The first-order valence-electron chi connectivity index (χ1n) is 6.91. The smallest absolute Gasteiger partial charge is 0.149 e. The monoisotopic (exact) mass is 247 g/mol. The fourth-order valence-electron chi connectivity index (χ4n) is 2.97. The highest BCUT2D eigenvalue weighted by Gasteiger charge is 2.31. The minimum Gasteiger partial charge on any atom is -0.369 e. The first-order valence-corrected chi connectivity index (χ1v) is 6.91. The van der Waals surface area contributed by atoms with E-state index in [1.54, 1.807) is 6.20 Å². The number of fused-ring (bicyclic) bond motifs is 1. The van der Waals surface area contributed by atoms with E-state index in [2.05, 4.69) is 32.0 Å². The molecule has 98 valence electrons. The molecule has 1 N–H and O–H groups in total. The molecular weight excluding hydrogens is 226 g/mol. The van der Waals surface area contributed by atoms with Gasteiger partial charge < -0.3 is 10.2 Å². The molecule has 5 nitrogen and oxygen atoms in total. The van der Waals surface area contributed by atoms with Gasteiger partial charge in [0.2, 0.25) is 0 Å². The summed E-state index contributed by atoms with van der Waals surface area (Å²) in [4.78, 5) is 13.9. The maximum absolute atomic E-state index is 4.63. The van der Waals surface area contributed by atoms with Gasteiger partial charge in [0.15, 0.2) is 0 Å². The molecule has 3 rings (SSSR count). The van der Waals surface area contributed by atoms with Gasteiger partial charge in [-0.15, -0.1) is 0 Å². The zero-order valence-corrected chi connectivity index (χ0v) is 11.0. The lowest BCUT2D eigenvalue weighted by Gasteiger charge is -2.38. The van der Waals surface area contributed by atoms with Crippen LogP contribution < -0.4 is 10.2 Å². The van der Waals surface area contributed by atoms with Crippen LogP contribution in [0.15, 0.2) is 12.4 Å². The molecule has 2 aliphatic heterocycles. The van der Waals surface area contributed by atoms with Crippen molar-refractivity contribution in [3.05, 3.63) is 12.4 Å². The predicted molar refractivity (Wildman–Crippen MR) is 73.0 cm³/mol. The minimum absolute atomic E-state index is 0.725. The van der Waals surface area contributed by atoms with E-state index in [0.717, 1.165) is 43.9 Å². The van der Waals surface area contributed by atoms with E-state index in [1.165, 1.54) is 19.4 Å². The summed E-state index contributed by atoms with van der Waals surface area (Å²) in [6.07, 6.45) is 6.35. The summed E-state index contributed by atoms with van der Waals surface area (Å²) < 4.78 is 0. The van der Waals surface area contributed by atoms with E-state index in [0.29, 0.717) is 0 Å². The SMILES string of the molecule is CCNc1cncc(N2CCN3CCCC3C2)n1. The summed E-state index contributed by atoms with van der Waals surface area (Å²) in [6.45, 7) is 7.57. The van der Waals surface area contributed by atoms with Crippen molar-refractivity contribution in [2.45, 2.75) is 25.8 Å². The van der Waals surface area contributed by atoms with Crippen LogP contribution in [-0.4, -0.2) is 53.6 Å². The summed E-state index contributed by atoms with van der Waals surface area (Å²) in [6, 6.07) is 0.725. The zero-order chi connectivity index (χ0) is 12.4. The van der Waals surface area contributed by atoms with Crippen LogP contribution in [0.2, 0.25) is 0 Å². The second kappa shape index (κ2) is 5.10. The Morgan fingerprint density at radius 2 is 2.28 bits per heavy atom. The summed E-state index contributed by atoms with van der Waals surface area (Å²) in [5.74, 6) is 1.89. The quantitative estimate of drug-likeness (QED) is 0.869. The summed E-state index contributed by atoms with van der Waals surface area (Å²) in [5.41, 5.74) is 0. The first kappa shape index (κ1) is 11.7. The highest BCUT2D eigenvalue weighted by Crippen LogP contribution is 2.24. The number of nitrogens with one attached hydrogen (secondary N) is 1. The highest BCUT2D eigenvalue weighted by molar-refractivity contribution is 5.44. The molecule has 2 saturated heterocycles. The van der Waals surface area contributed by atoms with Gasteiger partial charge >= 0.3 is 0 Å². The maximum atomic E-state index is 4.63. The van der Waals surface area contributed by atoms with Gasteiger partial charge in [-0.25, -0.2) is 4.98 Å². The molecular formula is C13H21N5. The fraction of sp³-hybridized carbons (Fsp3) is 0.692. The molecule has 2 aliphatic rings. The van der Waals surface area contributed by atoms with E-state index < -0.39 is 0 Å². The fourth-order valence-corrected chi connectivity index (χ4v) is 2.97. The standard InChI is InChI=1S/C13H21N5/c1-2-15-12-8-14-9-13(16-12)18-7-6-17-5-3-4-11(17)10-18/h8-9,11H,2-7,10H2,1H3,(H,15,16). The molecule has 1 atom stereocenters. The average molecular weight is 247 g/mol. The lowest BCUT2D eigenvalue weighted by Crippen LogP contribution is -2.50. The Balaban J connectivity index is 1.72. The number of hydrogen-bond acceptors (Lipinski definition) is 5. The van der Waals surface area contributed by atoms with Gasteiger partial charge in [0.05, 0.1) is 12.4 Å². The molecule has 0 saturated carbocycles. The molecule has 2 fully saturated rings. The zero-order valence-electron chi connectivity index (χ0n) is 11.0. The Kier molecular flexibility index (Phi) is 3.32. The van der Waals surface area contributed by atoms with E-state index in [-0.39, 0.29) is 0 Å². The highest BCUT2D eigenvalue weighted by atomic mass is 15.3. The van der Waals surface area contributed by atoms with Crippen LogP contribution in [0.5, 0.6) is 0 Å². The van der Waals surface area contributed by atoms with Crippen molar-refractivity contribution in [3.63, 3.8) is 0 Å². The number of rotatable bonds is 3. The van der Waals surface area contributed by atoms with Gasteiger partial charge in [-0.05, 0) is 26.3 Å². The Labute approximate surface area is 108 Å². The number of hydrogen-bond donors (Lipinski definition) is 1.